The van der Waals surface area contributed by atoms with Crippen LogP contribution < -0.4 is 18.9 Å². The molecule has 0 spiro atoms. The average Bonchev–Trinajstić information content (AvgIpc) is 3.10. The van der Waals surface area contributed by atoms with Crippen LogP contribution in [0.4, 0.5) is 5.69 Å². The zero-order valence-corrected chi connectivity index (χ0v) is 19.5. The Kier molecular flexibility index (Phi) is 8.02. The number of benzene rings is 2. The van der Waals surface area contributed by atoms with Crippen molar-refractivity contribution >= 4 is 34.6 Å². The number of carbonyl (C=O) groups excluding carboxylic acids is 1. The topological polar surface area (TPSA) is 78.8 Å². The molecule has 9 heteroatoms. The van der Waals surface area contributed by atoms with E-state index in [9.17, 15) is 4.79 Å². The molecule has 1 fully saturated rings. The number of amides is 1. The van der Waals surface area contributed by atoms with Crippen molar-refractivity contribution in [3.05, 3.63) is 46.9 Å². The van der Waals surface area contributed by atoms with Gasteiger partial charge in [0.25, 0.3) is 5.91 Å². The highest BCUT2D eigenvalue weighted by molar-refractivity contribution is 8.18. The number of aliphatic imine (C=N–C) groups is 1. The van der Waals surface area contributed by atoms with Crippen molar-refractivity contribution in [2.45, 2.75) is 0 Å². The lowest BCUT2D eigenvalue weighted by atomic mass is 10.1. The van der Waals surface area contributed by atoms with Gasteiger partial charge in [0.05, 0.1) is 52.2 Å². The Morgan fingerprint density at radius 1 is 0.938 bits per heavy atom. The number of hydrogen-bond acceptors (Lipinski definition) is 8. The highest BCUT2D eigenvalue weighted by atomic mass is 32.2. The molecule has 0 aromatic heterocycles. The van der Waals surface area contributed by atoms with Gasteiger partial charge in [-0.2, -0.15) is 0 Å². The average molecular weight is 459 g/mol. The van der Waals surface area contributed by atoms with Crippen molar-refractivity contribution in [3.8, 4) is 23.0 Å². The van der Waals surface area contributed by atoms with Gasteiger partial charge in [-0.15, -0.1) is 0 Å². The quantitative estimate of drug-likeness (QED) is 0.526. The summed E-state index contributed by atoms with van der Waals surface area (Å²) in [5.41, 5.74) is 1.46. The van der Waals surface area contributed by atoms with Gasteiger partial charge in [-0.25, -0.2) is 4.99 Å². The van der Waals surface area contributed by atoms with Gasteiger partial charge >= 0.3 is 0 Å². The fraction of sp³-hybridized carbons (Fsp3) is 0.304. The molecule has 3 rings (SSSR count). The number of nitrogens with zero attached hydrogens (tertiary/aromatic N) is 2. The molecule has 170 valence electrons. The van der Waals surface area contributed by atoms with Crippen molar-refractivity contribution in [1.29, 1.82) is 0 Å². The summed E-state index contributed by atoms with van der Waals surface area (Å²) in [7, 11) is 7.86. The number of thioether (sulfide) groups is 1. The molecule has 0 unspecified atom stereocenters. The van der Waals surface area contributed by atoms with Gasteiger partial charge in [0, 0.05) is 7.11 Å². The Labute approximate surface area is 191 Å². The largest absolute Gasteiger partial charge is 0.497 e. The van der Waals surface area contributed by atoms with Crippen LogP contribution in [0.1, 0.15) is 5.56 Å². The molecule has 1 aliphatic rings. The lowest BCUT2D eigenvalue weighted by Gasteiger charge is -2.15. The minimum atomic E-state index is -0.145. The van der Waals surface area contributed by atoms with E-state index in [4.69, 9.17) is 23.7 Å². The second kappa shape index (κ2) is 10.9. The molecule has 0 radical (unpaired) electrons. The highest BCUT2D eigenvalue weighted by Crippen LogP contribution is 2.40. The van der Waals surface area contributed by atoms with E-state index in [1.165, 1.54) is 11.8 Å². The predicted molar refractivity (Wildman–Crippen MR) is 125 cm³/mol. The summed E-state index contributed by atoms with van der Waals surface area (Å²) in [6.07, 6.45) is 1.79. The van der Waals surface area contributed by atoms with Crippen LogP contribution in [0.5, 0.6) is 23.0 Å². The van der Waals surface area contributed by atoms with Crippen LogP contribution in [0.3, 0.4) is 0 Å². The first-order valence-corrected chi connectivity index (χ1v) is 10.6. The molecule has 1 saturated heterocycles. The first-order chi connectivity index (χ1) is 15.5. The van der Waals surface area contributed by atoms with Gasteiger partial charge in [0.15, 0.2) is 16.7 Å². The van der Waals surface area contributed by atoms with E-state index in [-0.39, 0.29) is 5.91 Å². The number of hydrogen-bond donors (Lipinski definition) is 0. The third-order valence-corrected chi connectivity index (χ3v) is 5.70. The van der Waals surface area contributed by atoms with Gasteiger partial charge in [-0.1, -0.05) is 0 Å². The molecule has 0 atom stereocenters. The monoisotopic (exact) mass is 458 g/mol. The molecular formula is C23H26N2O6S. The van der Waals surface area contributed by atoms with E-state index in [0.29, 0.717) is 40.5 Å². The molecule has 2 aromatic rings. The lowest BCUT2D eigenvalue weighted by molar-refractivity contribution is -0.122. The maximum atomic E-state index is 13.1. The Bertz CT molecular complexity index is 995. The Morgan fingerprint density at radius 3 is 2.12 bits per heavy atom. The fourth-order valence-corrected chi connectivity index (χ4v) is 4.10. The fourth-order valence-electron chi connectivity index (χ4n) is 3.07. The molecule has 1 amide bonds. The molecule has 0 saturated carbocycles. The number of ether oxygens (including phenoxy) is 5. The normalized spacial score (nSPS) is 16.0. The smallest absolute Gasteiger partial charge is 0.266 e. The minimum absolute atomic E-state index is 0.145. The van der Waals surface area contributed by atoms with E-state index in [2.05, 4.69) is 4.99 Å². The molecule has 0 N–H and O–H groups in total. The van der Waals surface area contributed by atoms with Crippen molar-refractivity contribution in [2.75, 3.05) is 48.7 Å². The first-order valence-electron chi connectivity index (χ1n) is 9.77. The zero-order valence-electron chi connectivity index (χ0n) is 18.7. The highest BCUT2D eigenvalue weighted by Gasteiger charge is 2.33. The molecule has 0 aliphatic carbocycles. The zero-order chi connectivity index (χ0) is 23.1. The second-order valence-electron chi connectivity index (χ2n) is 6.61. The minimum Gasteiger partial charge on any atom is -0.497 e. The first kappa shape index (κ1) is 23.5. The van der Waals surface area contributed by atoms with E-state index >= 15 is 0 Å². The van der Waals surface area contributed by atoms with E-state index < -0.39 is 0 Å². The predicted octanol–water partition coefficient (Wildman–Crippen LogP) is 3.97. The van der Waals surface area contributed by atoms with Gasteiger partial charge < -0.3 is 23.7 Å². The van der Waals surface area contributed by atoms with Crippen molar-refractivity contribution in [1.82, 2.24) is 4.90 Å². The van der Waals surface area contributed by atoms with Crippen LogP contribution in [-0.2, 0) is 9.53 Å². The van der Waals surface area contributed by atoms with Crippen LogP contribution in [0.15, 0.2) is 46.3 Å². The van der Waals surface area contributed by atoms with Crippen molar-refractivity contribution < 1.29 is 28.5 Å². The maximum absolute atomic E-state index is 13.1. The summed E-state index contributed by atoms with van der Waals surface area (Å²) in [6, 6.07) is 10.9. The van der Waals surface area contributed by atoms with Gasteiger partial charge in [0.1, 0.15) is 5.75 Å². The lowest BCUT2D eigenvalue weighted by Crippen LogP contribution is -2.32. The second-order valence-corrected chi connectivity index (χ2v) is 7.62. The van der Waals surface area contributed by atoms with Crippen LogP contribution in [-0.4, -0.2) is 64.7 Å². The molecular weight excluding hydrogens is 432 g/mol. The number of rotatable bonds is 9. The summed E-state index contributed by atoms with van der Waals surface area (Å²) in [5, 5.41) is 0.580. The van der Waals surface area contributed by atoms with Crippen LogP contribution in [0.25, 0.3) is 6.08 Å². The standard InChI is InChI=1S/C23H26N2O6S/c1-27-11-10-25-22(26)20(32-23(25)24-16-6-8-17(28-2)9-7-16)14-15-12-18(29-3)21(31-5)19(13-15)30-4/h6-9,12-14H,10-11H2,1-5H3/b20-14-,24-23?. The molecule has 2 aromatic carbocycles. The number of carbonyl (C=O) groups is 1. The SMILES string of the molecule is COCCN1C(=O)/C(=C/c2cc(OC)c(OC)c(OC)c2)SC1=Nc1ccc(OC)cc1. The molecule has 1 aliphatic heterocycles. The summed E-state index contributed by atoms with van der Waals surface area (Å²) < 4.78 is 26.6. The van der Waals surface area contributed by atoms with E-state index in [0.717, 1.165) is 17.0 Å². The summed E-state index contributed by atoms with van der Waals surface area (Å²) >= 11 is 1.30. The number of methoxy groups -OCH3 is 5. The Morgan fingerprint density at radius 2 is 1.59 bits per heavy atom. The van der Waals surface area contributed by atoms with E-state index in [1.54, 1.807) is 58.7 Å². The van der Waals surface area contributed by atoms with Crippen LogP contribution in [0, 0.1) is 0 Å². The third kappa shape index (κ3) is 5.17. The van der Waals surface area contributed by atoms with Gasteiger partial charge in [-0.3, -0.25) is 9.69 Å². The maximum Gasteiger partial charge on any atom is 0.266 e. The molecule has 0 bridgehead atoms. The van der Waals surface area contributed by atoms with Gasteiger partial charge in [-0.05, 0) is 59.8 Å². The third-order valence-electron chi connectivity index (χ3n) is 4.69. The van der Waals surface area contributed by atoms with Crippen molar-refractivity contribution in [3.63, 3.8) is 0 Å². The summed E-state index contributed by atoms with van der Waals surface area (Å²) in [6.45, 7) is 0.787. The summed E-state index contributed by atoms with van der Waals surface area (Å²) in [4.78, 5) is 20.0. The number of amidine groups is 1. The molecule has 8 nitrogen and oxygen atoms in total. The van der Waals surface area contributed by atoms with Crippen molar-refractivity contribution in [2.24, 2.45) is 4.99 Å². The van der Waals surface area contributed by atoms with Crippen LogP contribution in [0.2, 0.25) is 0 Å². The van der Waals surface area contributed by atoms with Gasteiger partial charge in [0.2, 0.25) is 5.75 Å². The van der Waals surface area contributed by atoms with Crippen LogP contribution >= 0.6 is 11.8 Å². The summed E-state index contributed by atoms with van der Waals surface area (Å²) in [5.74, 6) is 2.11. The molecule has 32 heavy (non-hydrogen) atoms. The Hall–Kier alpha value is -3.17. The Balaban J connectivity index is 1.97. The van der Waals surface area contributed by atoms with E-state index in [1.807, 2.05) is 24.3 Å². The molecule has 1 heterocycles.